The number of ether oxygens (including phenoxy) is 1. The molecule has 0 saturated carbocycles. The third-order valence-corrected chi connectivity index (χ3v) is 3.67. The number of nitrogens with one attached hydrogen (secondary N) is 1. The molecule has 1 heterocycles. The van der Waals surface area contributed by atoms with Crippen LogP contribution in [0.15, 0.2) is 53.3 Å². The van der Waals surface area contributed by atoms with Crippen LogP contribution in [0.25, 0.3) is 22.6 Å². The average molecular weight is 331 g/mol. The van der Waals surface area contributed by atoms with Gasteiger partial charge in [-0.3, -0.25) is 4.79 Å². The lowest BCUT2D eigenvalue weighted by atomic mass is 10.1. The summed E-state index contributed by atoms with van der Waals surface area (Å²) in [6, 6.07) is 16.6. The average Bonchev–Trinajstić information content (AvgIpc) is 2.65. The highest BCUT2D eigenvalue weighted by atomic mass is 16.5. The summed E-state index contributed by atoms with van der Waals surface area (Å²) in [5.41, 5.74) is 1.33. The minimum atomic E-state index is -0.266. The standard InChI is InChI=1S/C20H17N3O2/c1-2-11-25-18-10-6-3-7-14(18)12-15(13-21)19-22-17-9-5-4-8-16(17)20(24)23-19/h3-10,12H,2,11H2,1H3,(H,22,23,24)/b15-12+. The number of benzene rings is 2. The molecule has 0 unspecified atom stereocenters. The molecule has 0 aliphatic rings. The van der Waals surface area contributed by atoms with Crippen LogP contribution in [0.4, 0.5) is 0 Å². The van der Waals surface area contributed by atoms with Crippen LogP contribution in [-0.4, -0.2) is 16.6 Å². The third-order valence-electron chi connectivity index (χ3n) is 3.67. The monoisotopic (exact) mass is 331 g/mol. The Kier molecular flexibility index (Phi) is 4.91. The van der Waals surface area contributed by atoms with Gasteiger partial charge in [-0.15, -0.1) is 0 Å². The first kappa shape index (κ1) is 16.5. The molecule has 0 atom stereocenters. The van der Waals surface area contributed by atoms with Crippen molar-refractivity contribution in [1.82, 2.24) is 9.97 Å². The Labute approximate surface area is 145 Å². The number of H-pyrrole nitrogens is 1. The van der Waals surface area contributed by atoms with Crippen molar-refractivity contribution in [3.63, 3.8) is 0 Å². The zero-order chi connectivity index (χ0) is 17.6. The topological polar surface area (TPSA) is 78.8 Å². The van der Waals surface area contributed by atoms with E-state index in [-0.39, 0.29) is 17.0 Å². The number of aromatic amines is 1. The summed E-state index contributed by atoms with van der Waals surface area (Å²) >= 11 is 0. The van der Waals surface area contributed by atoms with E-state index in [0.29, 0.717) is 23.3 Å². The molecule has 0 bridgehead atoms. The van der Waals surface area contributed by atoms with Crippen molar-refractivity contribution in [2.45, 2.75) is 13.3 Å². The minimum Gasteiger partial charge on any atom is -0.493 e. The van der Waals surface area contributed by atoms with Crippen LogP contribution in [0.5, 0.6) is 5.75 Å². The van der Waals surface area contributed by atoms with E-state index < -0.39 is 0 Å². The van der Waals surface area contributed by atoms with Crippen LogP contribution in [0.3, 0.4) is 0 Å². The van der Waals surface area contributed by atoms with Crippen molar-refractivity contribution < 1.29 is 4.74 Å². The van der Waals surface area contributed by atoms with Crippen LogP contribution < -0.4 is 10.3 Å². The summed E-state index contributed by atoms with van der Waals surface area (Å²) < 4.78 is 5.72. The molecule has 0 spiro atoms. The molecule has 0 aliphatic carbocycles. The van der Waals surface area contributed by atoms with Gasteiger partial charge in [0.2, 0.25) is 0 Å². The number of fused-ring (bicyclic) bond motifs is 1. The Hall–Kier alpha value is -3.39. The quantitative estimate of drug-likeness (QED) is 0.722. The van der Waals surface area contributed by atoms with Crippen molar-refractivity contribution in [2.24, 2.45) is 0 Å². The van der Waals surface area contributed by atoms with E-state index in [1.165, 1.54) is 0 Å². The normalized spacial score (nSPS) is 11.3. The van der Waals surface area contributed by atoms with Gasteiger partial charge in [0.15, 0.2) is 5.82 Å². The highest BCUT2D eigenvalue weighted by molar-refractivity contribution is 5.90. The molecule has 3 rings (SSSR count). The molecule has 1 N–H and O–H groups in total. The Morgan fingerprint density at radius 1 is 1.24 bits per heavy atom. The van der Waals surface area contributed by atoms with Crippen LogP contribution in [0, 0.1) is 11.3 Å². The Morgan fingerprint density at radius 2 is 2.00 bits per heavy atom. The second-order valence-corrected chi connectivity index (χ2v) is 5.49. The van der Waals surface area contributed by atoms with E-state index in [2.05, 4.69) is 16.0 Å². The highest BCUT2D eigenvalue weighted by Crippen LogP contribution is 2.23. The van der Waals surface area contributed by atoms with Gasteiger partial charge >= 0.3 is 0 Å². The first-order chi connectivity index (χ1) is 12.2. The fourth-order valence-electron chi connectivity index (χ4n) is 2.47. The molecule has 0 amide bonds. The van der Waals surface area contributed by atoms with Gasteiger partial charge in [-0.1, -0.05) is 37.3 Å². The summed E-state index contributed by atoms with van der Waals surface area (Å²) in [7, 11) is 0. The molecular weight excluding hydrogens is 314 g/mol. The van der Waals surface area contributed by atoms with Gasteiger partial charge < -0.3 is 9.72 Å². The lowest BCUT2D eigenvalue weighted by molar-refractivity contribution is 0.317. The Balaban J connectivity index is 2.08. The first-order valence-electron chi connectivity index (χ1n) is 8.06. The van der Waals surface area contributed by atoms with Gasteiger partial charge in [0, 0.05) is 5.56 Å². The summed E-state index contributed by atoms with van der Waals surface area (Å²) in [6.07, 6.45) is 2.57. The maximum atomic E-state index is 12.2. The van der Waals surface area contributed by atoms with E-state index in [0.717, 1.165) is 12.0 Å². The number of nitrogens with zero attached hydrogens (tertiary/aromatic N) is 2. The van der Waals surface area contributed by atoms with Crippen LogP contribution >= 0.6 is 0 Å². The van der Waals surface area contributed by atoms with Crippen molar-refractivity contribution in [3.05, 3.63) is 70.3 Å². The van der Waals surface area contributed by atoms with Gasteiger partial charge in [-0.2, -0.15) is 5.26 Å². The SMILES string of the molecule is CCCOc1ccccc1/C=C(\C#N)c1nc2ccccc2c(=O)[nH]1. The first-order valence-corrected chi connectivity index (χ1v) is 8.06. The molecule has 2 aromatic carbocycles. The zero-order valence-corrected chi connectivity index (χ0v) is 13.8. The summed E-state index contributed by atoms with van der Waals surface area (Å²) in [6.45, 7) is 2.63. The fourth-order valence-corrected chi connectivity index (χ4v) is 2.47. The van der Waals surface area contributed by atoms with Crippen molar-refractivity contribution in [2.75, 3.05) is 6.61 Å². The van der Waals surface area contributed by atoms with Gasteiger partial charge in [-0.25, -0.2) is 4.98 Å². The highest BCUT2D eigenvalue weighted by Gasteiger charge is 2.09. The van der Waals surface area contributed by atoms with Gasteiger partial charge in [-0.05, 0) is 30.7 Å². The number of para-hydroxylation sites is 2. The number of nitriles is 1. The molecule has 25 heavy (non-hydrogen) atoms. The number of hydrogen-bond donors (Lipinski definition) is 1. The minimum absolute atomic E-state index is 0.247. The Morgan fingerprint density at radius 3 is 2.80 bits per heavy atom. The van der Waals surface area contributed by atoms with E-state index >= 15 is 0 Å². The molecule has 5 nitrogen and oxygen atoms in total. The van der Waals surface area contributed by atoms with E-state index in [4.69, 9.17) is 4.74 Å². The number of hydrogen-bond acceptors (Lipinski definition) is 4. The van der Waals surface area contributed by atoms with Crippen molar-refractivity contribution in [3.8, 4) is 11.8 Å². The second kappa shape index (κ2) is 7.45. The maximum Gasteiger partial charge on any atom is 0.259 e. The molecule has 0 saturated heterocycles. The van der Waals surface area contributed by atoms with Crippen molar-refractivity contribution >= 4 is 22.6 Å². The predicted octanol–water partition coefficient (Wildman–Crippen LogP) is 3.78. The number of rotatable bonds is 5. The van der Waals surface area contributed by atoms with Gasteiger partial charge in [0.1, 0.15) is 11.8 Å². The van der Waals surface area contributed by atoms with E-state index in [9.17, 15) is 10.1 Å². The third kappa shape index (κ3) is 3.59. The van der Waals surface area contributed by atoms with Crippen molar-refractivity contribution in [1.29, 1.82) is 5.26 Å². The largest absolute Gasteiger partial charge is 0.493 e. The molecule has 0 aliphatic heterocycles. The lowest BCUT2D eigenvalue weighted by Gasteiger charge is -2.08. The zero-order valence-electron chi connectivity index (χ0n) is 13.8. The number of allylic oxidation sites excluding steroid dienone is 1. The second-order valence-electron chi connectivity index (χ2n) is 5.49. The summed E-state index contributed by atoms with van der Waals surface area (Å²) in [4.78, 5) is 19.3. The Bertz CT molecular complexity index is 1030. The van der Waals surface area contributed by atoms with Crippen LogP contribution in [0.1, 0.15) is 24.7 Å². The smallest absolute Gasteiger partial charge is 0.259 e. The molecule has 3 aromatic rings. The molecule has 124 valence electrons. The van der Waals surface area contributed by atoms with E-state index in [1.54, 1.807) is 24.3 Å². The maximum absolute atomic E-state index is 12.2. The molecular formula is C20H17N3O2. The molecule has 5 heteroatoms. The summed E-state index contributed by atoms with van der Waals surface area (Å²) in [5, 5.41) is 10.0. The molecule has 0 radical (unpaired) electrons. The van der Waals surface area contributed by atoms with Crippen LogP contribution in [0.2, 0.25) is 0 Å². The molecule has 1 aromatic heterocycles. The lowest BCUT2D eigenvalue weighted by Crippen LogP contribution is -2.11. The van der Waals surface area contributed by atoms with E-state index in [1.807, 2.05) is 37.3 Å². The number of aromatic nitrogens is 2. The fraction of sp³-hybridized carbons (Fsp3) is 0.150. The molecule has 0 fully saturated rings. The van der Waals surface area contributed by atoms with Gasteiger partial charge in [0.25, 0.3) is 5.56 Å². The summed E-state index contributed by atoms with van der Waals surface area (Å²) in [5.74, 6) is 0.941. The van der Waals surface area contributed by atoms with Crippen LogP contribution in [-0.2, 0) is 0 Å². The predicted molar refractivity (Wildman–Crippen MR) is 98.1 cm³/mol. The van der Waals surface area contributed by atoms with Gasteiger partial charge in [0.05, 0.1) is 23.1 Å².